The molecule has 11 heteroatoms. The maximum Gasteiger partial charge on any atom is 0.326 e. The summed E-state index contributed by atoms with van der Waals surface area (Å²) in [6.07, 6.45) is 2.35. The SMILES string of the molecule is Cc1nc(NC(=O)CCCN[C@@H](COC(C)(C)C)C(=O)OC(C)(C)C)sc1-c1ccc(Cl)c(S(C)=O)c1. The summed E-state index contributed by atoms with van der Waals surface area (Å²) in [5.74, 6) is -0.558. The van der Waals surface area contributed by atoms with E-state index in [1.165, 1.54) is 11.3 Å². The van der Waals surface area contributed by atoms with Crippen molar-refractivity contribution in [3.8, 4) is 10.4 Å². The Morgan fingerprint density at radius 2 is 1.84 bits per heavy atom. The molecule has 2 atom stereocenters. The number of amides is 1. The molecule has 0 aliphatic rings. The molecule has 206 valence electrons. The Labute approximate surface area is 231 Å². The van der Waals surface area contributed by atoms with Crippen LogP contribution in [0.3, 0.4) is 0 Å². The topological polar surface area (TPSA) is 107 Å². The van der Waals surface area contributed by atoms with Crippen molar-refractivity contribution in [1.82, 2.24) is 10.3 Å². The van der Waals surface area contributed by atoms with E-state index in [1.807, 2.05) is 54.5 Å². The van der Waals surface area contributed by atoms with Crippen LogP contribution in [0.4, 0.5) is 5.13 Å². The first-order valence-electron chi connectivity index (χ1n) is 12.1. The van der Waals surface area contributed by atoms with Gasteiger partial charge in [-0.3, -0.25) is 13.8 Å². The van der Waals surface area contributed by atoms with Crippen molar-refractivity contribution in [3.63, 3.8) is 0 Å². The summed E-state index contributed by atoms with van der Waals surface area (Å²) in [4.78, 5) is 31.0. The van der Waals surface area contributed by atoms with Gasteiger partial charge in [0.15, 0.2) is 5.13 Å². The molecule has 1 amide bonds. The lowest BCUT2D eigenvalue weighted by Crippen LogP contribution is -2.46. The number of ether oxygens (including phenoxy) is 2. The molecule has 0 bridgehead atoms. The first-order chi connectivity index (χ1) is 17.1. The zero-order chi connectivity index (χ0) is 28.0. The molecule has 1 heterocycles. The Morgan fingerprint density at radius 3 is 2.43 bits per heavy atom. The molecule has 0 saturated heterocycles. The van der Waals surface area contributed by atoms with Crippen molar-refractivity contribution in [3.05, 3.63) is 28.9 Å². The number of aryl methyl sites for hydroxylation is 1. The average molecular weight is 572 g/mol. The van der Waals surface area contributed by atoms with Crippen molar-refractivity contribution in [2.24, 2.45) is 0 Å². The Hall–Kier alpha value is -1.85. The normalized spacial score (nSPS) is 13.8. The van der Waals surface area contributed by atoms with Gasteiger partial charge in [0.25, 0.3) is 0 Å². The number of nitrogens with one attached hydrogen (secondary N) is 2. The fourth-order valence-corrected chi connectivity index (χ4v) is 5.26. The second-order valence-electron chi connectivity index (χ2n) is 10.6. The summed E-state index contributed by atoms with van der Waals surface area (Å²) >= 11 is 7.51. The van der Waals surface area contributed by atoms with Crippen molar-refractivity contribution < 1.29 is 23.3 Å². The third-order valence-electron chi connectivity index (χ3n) is 4.89. The Morgan fingerprint density at radius 1 is 1.16 bits per heavy atom. The number of esters is 1. The van der Waals surface area contributed by atoms with Crippen molar-refractivity contribution in [1.29, 1.82) is 0 Å². The molecular formula is C26H38ClN3O5S2. The highest BCUT2D eigenvalue weighted by atomic mass is 35.5. The third-order valence-corrected chi connectivity index (χ3v) is 7.41. The van der Waals surface area contributed by atoms with Gasteiger partial charge in [-0.25, -0.2) is 4.98 Å². The smallest absolute Gasteiger partial charge is 0.326 e. The van der Waals surface area contributed by atoms with Crippen LogP contribution in [0.1, 0.15) is 60.1 Å². The molecule has 0 saturated carbocycles. The molecule has 2 rings (SSSR count). The number of benzene rings is 1. The number of hydrogen-bond donors (Lipinski definition) is 2. The fourth-order valence-electron chi connectivity index (χ4n) is 3.21. The minimum absolute atomic E-state index is 0.170. The second kappa shape index (κ2) is 13.3. The summed E-state index contributed by atoms with van der Waals surface area (Å²) in [6.45, 7) is 13.7. The molecule has 8 nitrogen and oxygen atoms in total. The Kier molecular flexibility index (Phi) is 11.3. The van der Waals surface area contributed by atoms with Crippen molar-refractivity contribution >= 4 is 50.7 Å². The van der Waals surface area contributed by atoms with Crippen LogP contribution in [-0.2, 0) is 29.9 Å². The average Bonchev–Trinajstić information content (AvgIpc) is 3.11. The van der Waals surface area contributed by atoms with Crippen LogP contribution in [-0.4, -0.2) is 57.7 Å². The number of nitrogens with zero attached hydrogens (tertiary/aromatic N) is 1. The van der Waals surface area contributed by atoms with Gasteiger partial charge in [0.05, 0.1) is 43.5 Å². The number of anilines is 1. The van der Waals surface area contributed by atoms with E-state index in [9.17, 15) is 13.8 Å². The first-order valence-corrected chi connectivity index (χ1v) is 14.8. The van der Waals surface area contributed by atoms with Crippen LogP contribution in [0.25, 0.3) is 10.4 Å². The van der Waals surface area contributed by atoms with Gasteiger partial charge in [-0.05, 0) is 79.1 Å². The standard InChI is InChI=1S/C26H38ClN3O5S2/c1-16-22(17-11-12-18(27)20(14-17)37(8)33)36-24(29-16)30-21(31)10-9-13-28-19(15-34-25(2,3)4)23(32)35-26(5,6)7/h11-12,14,19,28H,9-10,13,15H2,1-8H3,(H,29,30,31)/t19-,37?/m0/s1. The van der Waals surface area contributed by atoms with Gasteiger partial charge in [0.1, 0.15) is 11.6 Å². The summed E-state index contributed by atoms with van der Waals surface area (Å²) in [5.41, 5.74) is 0.606. The van der Waals surface area contributed by atoms with E-state index in [4.69, 9.17) is 21.1 Å². The summed E-state index contributed by atoms with van der Waals surface area (Å²) in [6, 6.07) is 4.73. The van der Waals surface area contributed by atoms with Crippen LogP contribution in [0, 0.1) is 6.92 Å². The predicted molar refractivity (Wildman–Crippen MR) is 151 cm³/mol. The third kappa shape index (κ3) is 10.8. The van der Waals surface area contributed by atoms with Gasteiger partial charge in [0.2, 0.25) is 5.91 Å². The molecule has 0 aliphatic heterocycles. The molecule has 2 aromatic rings. The largest absolute Gasteiger partial charge is 0.459 e. The number of thiazole rings is 1. The lowest BCUT2D eigenvalue weighted by Gasteiger charge is -2.27. The lowest BCUT2D eigenvalue weighted by atomic mass is 10.1. The molecule has 0 aliphatic carbocycles. The van der Waals surface area contributed by atoms with E-state index < -0.39 is 28.0 Å². The maximum absolute atomic E-state index is 12.6. The van der Waals surface area contributed by atoms with E-state index >= 15 is 0 Å². The quantitative estimate of drug-likeness (QED) is 0.277. The van der Waals surface area contributed by atoms with E-state index in [-0.39, 0.29) is 24.9 Å². The number of carbonyl (C=O) groups excluding carboxylic acids is 2. The lowest BCUT2D eigenvalue weighted by molar-refractivity contribution is -0.160. The monoisotopic (exact) mass is 571 g/mol. The van der Waals surface area contributed by atoms with Crippen molar-refractivity contribution in [2.45, 2.75) is 83.4 Å². The van der Waals surface area contributed by atoms with Gasteiger partial charge < -0.3 is 20.1 Å². The van der Waals surface area contributed by atoms with E-state index in [2.05, 4.69) is 15.6 Å². The highest BCUT2D eigenvalue weighted by Gasteiger charge is 2.27. The number of aromatic nitrogens is 1. The number of halogens is 1. The second-order valence-corrected chi connectivity index (χ2v) is 13.4. The maximum atomic E-state index is 12.6. The zero-order valence-electron chi connectivity index (χ0n) is 22.8. The van der Waals surface area contributed by atoms with Crippen LogP contribution in [0.5, 0.6) is 0 Å². The van der Waals surface area contributed by atoms with E-state index in [1.54, 1.807) is 18.4 Å². The highest BCUT2D eigenvalue weighted by Crippen LogP contribution is 2.35. The number of rotatable bonds is 11. The molecular weight excluding hydrogens is 534 g/mol. The minimum atomic E-state index is -1.22. The van der Waals surface area contributed by atoms with Crippen LogP contribution < -0.4 is 10.6 Å². The van der Waals surface area contributed by atoms with Crippen LogP contribution in [0.2, 0.25) is 5.02 Å². The predicted octanol–water partition coefficient (Wildman–Crippen LogP) is 5.34. The van der Waals surface area contributed by atoms with E-state index in [0.717, 1.165) is 16.1 Å². The molecule has 1 aromatic heterocycles. The van der Waals surface area contributed by atoms with Gasteiger partial charge >= 0.3 is 5.97 Å². The zero-order valence-corrected chi connectivity index (χ0v) is 25.2. The Balaban J connectivity index is 1.93. The number of carbonyl (C=O) groups is 2. The van der Waals surface area contributed by atoms with Crippen LogP contribution >= 0.6 is 22.9 Å². The summed E-state index contributed by atoms with van der Waals surface area (Å²) in [7, 11) is -1.22. The van der Waals surface area contributed by atoms with E-state index in [0.29, 0.717) is 28.0 Å². The van der Waals surface area contributed by atoms with Gasteiger partial charge in [-0.1, -0.05) is 29.0 Å². The molecule has 2 N–H and O–H groups in total. The molecule has 1 unspecified atom stereocenters. The number of hydrogen-bond acceptors (Lipinski definition) is 8. The first kappa shape index (κ1) is 31.4. The molecule has 0 fully saturated rings. The van der Waals surface area contributed by atoms with Gasteiger partial charge in [-0.15, -0.1) is 0 Å². The summed E-state index contributed by atoms with van der Waals surface area (Å²) < 4.78 is 23.2. The molecule has 0 radical (unpaired) electrons. The minimum Gasteiger partial charge on any atom is -0.459 e. The molecule has 1 aromatic carbocycles. The van der Waals surface area contributed by atoms with Crippen molar-refractivity contribution in [2.75, 3.05) is 24.7 Å². The van der Waals surface area contributed by atoms with Gasteiger partial charge in [0, 0.05) is 12.7 Å². The highest BCUT2D eigenvalue weighted by molar-refractivity contribution is 7.84. The molecule has 37 heavy (non-hydrogen) atoms. The summed E-state index contributed by atoms with van der Waals surface area (Å²) in [5, 5.41) is 6.95. The Bertz CT molecular complexity index is 1120. The fraction of sp³-hybridized carbons (Fsp3) is 0.577. The molecule has 0 spiro atoms. The van der Waals surface area contributed by atoms with Gasteiger partial charge in [-0.2, -0.15) is 0 Å². The van der Waals surface area contributed by atoms with Crippen LogP contribution in [0.15, 0.2) is 23.1 Å².